The van der Waals surface area contributed by atoms with Gasteiger partial charge in [0.1, 0.15) is 11.6 Å². The fourth-order valence-electron chi connectivity index (χ4n) is 1.36. The average Bonchev–Trinajstić information content (AvgIpc) is 1.88. The van der Waals surface area contributed by atoms with Crippen molar-refractivity contribution in [1.29, 1.82) is 0 Å². The van der Waals surface area contributed by atoms with E-state index in [0.717, 1.165) is 12.8 Å². The van der Waals surface area contributed by atoms with Crippen LogP contribution in [-0.2, 0) is 9.59 Å². The summed E-state index contributed by atoms with van der Waals surface area (Å²) in [6.45, 7) is 2.00. The molecule has 0 amide bonds. The van der Waals surface area contributed by atoms with Crippen LogP contribution in [0.3, 0.4) is 0 Å². The quantitative estimate of drug-likeness (QED) is 0.515. The molecule has 1 saturated carbocycles. The van der Waals surface area contributed by atoms with Crippen molar-refractivity contribution in [2.24, 2.45) is 5.92 Å². The van der Waals surface area contributed by atoms with Crippen LogP contribution < -0.4 is 0 Å². The second kappa shape index (κ2) is 2.95. The first-order valence-electron chi connectivity index (χ1n) is 3.78. The number of hydrogen-bond donors (Lipinski definition) is 0. The Morgan fingerprint density at radius 2 is 2.20 bits per heavy atom. The van der Waals surface area contributed by atoms with Crippen molar-refractivity contribution >= 4 is 11.6 Å². The first-order chi connectivity index (χ1) is 4.74. The SMILES string of the molecule is CCC1CCC(=O)CC1=O. The number of hydrogen-bond acceptors (Lipinski definition) is 2. The monoisotopic (exact) mass is 140 g/mol. The molecule has 2 heteroatoms. The Morgan fingerprint density at radius 1 is 1.50 bits per heavy atom. The van der Waals surface area contributed by atoms with Crippen LogP contribution in [0.1, 0.15) is 32.6 Å². The summed E-state index contributed by atoms with van der Waals surface area (Å²) < 4.78 is 0. The lowest BCUT2D eigenvalue weighted by molar-refractivity contribution is -0.132. The van der Waals surface area contributed by atoms with Gasteiger partial charge in [-0.15, -0.1) is 0 Å². The highest BCUT2D eigenvalue weighted by Gasteiger charge is 2.24. The predicted molar refractivity (Wildman–Crippen MR) is 37.6 cm³/mol. The molecular weight excluding hydrogens is 128 g/mol. The molecule has 2 nitrogen and oxygen atoms in total. The van der Waals surface area contributed by atoms with Gasteiger partial charge in [0, 0.05) is 12.3 Å². The maximum absolute atomic E-state index is 11.0. The van der Waals surface area contributed by atoms with Crippen LogP contribution in [0.2, 0.25) is 0 Å². The Morgan fingerprint density at radius 3 is 2.70 bits per heavy atom. The number of carbonyl (C=O) groups excluding carboxylic acids is 2. The summed E-state index contributed by atoms with van der Waals surface area (Å²) >= 11 is 0. The normalized spacial score (nSPS) is 27.1. The number of Topliss-reactive ketones (excluding diaryl/α,β-unsaturated/α-hetero) is 2. The van der Waals surface area contributed by atoms with E-state index in [1.807, 2.05) is 6.92 Å². The summed E-state index contributed by atoms with van der Waals surface area (Å²) in [5.74, 6) is 0.450. The smallest absolute Gasteiger partial charge is 0.143 e. The molecule has 10 heavy (non-hydrogen) atoms. The van der Waals surface area contributed by atoms with E-state index in [2.05, 4.69) is 0 Å². The fraction of sp³-hybridized carbons (Fsp3) is 0.750. The zero-order chi connectivity index (χ0) is 7.56. The van der Waals surface area contributed by atoms with Gasteiger partial charge < -0.3 is 0 Å². The highest BCUT2D eigenvalue weighted by Crippen LogP contribution is 2.20. The average molecular weight is 140 g/mol. The van der Waals surface area contributed by atoms with Crippen molar-refractivity contribution in [2.75, 3.05) is 0 Å². The molecule has 1 rings (SSSR count). The zero-order valence-electron chi connectivity index (χ0n) is 6.22. The third-order valence-electron chi connectivity index (χ3n) is 2.09. The first-order valence-corrected chi connectivity index (χ1v) is 3.78. The standard InChI is InChI=1S/C8H12O2/c1-2-6-3-4-7(9)5-8(6)10/h6H,2-5H2,1H3. The molecule has 0 spiro atoms. The molecule has 0 aromatic rings. The van der Waals surface area contributed by atoms with E-state index in [9.17, 15) is 9.59 Å². The Hall–Kier alpha value is -0.660. The second-order valence-electron chi connectivity index (χ2n) is 2.83. The molecule has 56 valence electrons. The van der Waals surface area contributed by atoms with E-state index in [1.54, 1.807) is 0 Å². The molecule has 1 aliphatic carbocycles. The Kier molecular flexibility index (Phi) is 2.20. The predicted octanol–water partition coefficient (Wildman–Crippen LogP) is 1.33. The van der Waals surface area contributed by atoms with E-state index >= 15 is 0 Å². The highest BCUT2D eigenvalue weighted by atomic mass is 16.1. The Labute approximate surface area is 60.6 Å². The van der Waals surface area contributed by atoms with E-state index in [4.69, 9.17) is 0 Å². The van der Waals surface area contributed by atoms with Gasteiger partial charge in [-0.3, -0.25) is 9.59 Å². The molecule has 0 aromatic carbocycles. The molecule has 1 atom stereocenters. The van der Waals surface area contributed by atoms with Crippen molar-refractivity contribution in [3.63, 3.8) is 0 Å². The van der Waals surface area contributed by atoms with Crippen LogP contribution in [0.25, 0.3) is 0 Å². The molecule has 1 fully saturated rings. The molecule has 1 unspecified atom stereocenters. The van der Waals surface area contributed by atoms with E-state index < -0.39 is 0 Å². The number of ketones is 2. The largest absolute Gasteiger partial charge is 0.299 e. The van der Waals surface area contributed by atoms with Gasteiger partial charge in [0.15, 0.2) is 0 Å². The van der Waals surface area contributed by atoms with Crippen molar-refractivity contribution in [3.05, 3.63) is 0 Å². The lowest BCUT2D eigenvalue weighted by Gasteiger charge is -2.17. The van der Waals surface area contributed by atoms with Crippen molar-refractivity contribution in [2.45, 2.75) is 32.6 Å². The zero-order valence-corrected chi connectivity index (χ0v) is 6.22. The fourth-order valence-corrected chi connectivity index (χ4v) is 1.36. The van der Waals surface area contributed by atoms with Crippen LogP contribution in [0.5, 0.6) is 0 Å². The van der Waals surface area contributed by atoms with Crippen molar-refractivity contribution in [3.8, 4) is 0 Å². The molecule has 0 heterocycles. The van der Waals surface area contributed by atoms with Crippen LogP contribution >= 0.6 is 0 Å². The molecular formula is C8H12O2. The highest BCUT2D eigenvalue weighted by molar-refractivity contribution is 6.02. The van der Waals surface area contributed by atoms with E-state index in [-0.39, 0.29) is 23.9 Å². The molecule has 0 bridgehead atoms. The summed E-state index contributed by atoms with van der Waals surface area (Å²) in [6.07, 6.45) is 2.49. The van der Waals surface area contributed by atoms with Gasteiger partial charge >= 0.3 is 0 Å². The minimum absolute atomic E-state index is 0.120. The minimum Gasteiger partial charge on any atom is -0.299 e. The van der Waals surface area contributed by atoms with E-state index in [0.29, 0.717) is 6.42 Å². The van der Waals surface area contributed by atoms with Gasteiger partial charge in [-0.1, -0.05) is 6.92 Å². The van der Waals surface area contributed by atoms with Crippen LogP contribution in [0.15, 0.2) is 0 Å². The Balaban J connectivity index is 2.51. The molecule has 0 aliphatic heterocycles. The van der Waals surface area contributed by atoms with Gasteiger partial charge in [0.25, 0.3) is 0 Å². The topological polar surface area (TPSA) is 34.1 Å². The van der Waals surface area contributed by atoms with Crippen LogP contribution in [0, 0.1) is 5.92 Å². The molecule has 1 aliphatic rings. The number of carbonyl (C=O) groups is 2. The van der Waals surface area contributed by atoms with Gasteiger partial charge in [-0.25, -0.2) is 0 Å². The Bertz CT molecular complexity index is 161. The molecule has 0 saturated heterocycles. The van der Waals surface area contributed by atoms with Gasteiger partial charge in [-0.2, -0.15) is 0 Å². The third kappa shape index (κ3) is 1.43. The van der Waals surface area contributed by atoms with Crippen LogP contribution in [0.4, 0.5) is 0 Å². The van der Waals surface area contributed by atoms with Crippen molar-refractivity contribution < 1.29 is 9.59 Å². The van der Waals surface area contributed by atoms with Gasteiger partial charge in [-0.05, 0) is 12.8 Å². The summed E-state index contributed by atoms with van der Waals surface area (Å²) in [7, 11) is 0. The molecule has 0 radical (unpaired) electrons. The summed E-state index contributed by atoms with van der Waals surface area (Å²) in [5.41, 5.74) is 0. The van der Waals surface area contributed by atoms with E-state index in [1.165, 1.54) is 0 Å². The third-order valence-corrected chi connectivity index (χ3v) is 2.09. The molecule has 0 N–H and O–H groups in total. The first kappa shape index (κ1) is 7.45. The summed E-state index contributed by atoms with van der Waals surface area (Å²) in [6, 6.07) is 0. The maximum atomic E-state index is 11.0. The maximum Gasteiger partial charge on any atom is 0.143 e. The summed E-state index contributed by atoms with van der Waals surface area (Å²) in [4.78, 5) is 21.7. The number of rotatable bonds is 1. The minimum atomic E-state index is 0.120. The van der Waals surface area contributed by atoms with Crippen LogP contribution in [-0.4, -0.2) is 11.6 Å². The van der Waals surface area contributed by atoms with Gasteiger partial charge in [0.05, 0.1) is 6.42 Å². The lowest BCUT2D eigenvalue weighted by atomic mass is 9.86. The second-order valence-corrected chi connectivity index (χ2v) is 2.83. The lowest BCUT2D eigenvalue weighted by Crippen LogP contribution is -2.23. The summed E-state index contributed by atoms with van der Waals surface area (Å²) in [5, 5.41) is 0. The van der Waals surface area contributed by atoms with Gasteiger partial charge in [0.2, 0.25) is 0 Å². The van der Waals surface area contributed by atoms with Crippen molar-refractivity contribution in [1.82, 2.24) is 0 Å². The molecule has 0 aromatic heterocycles.